The van der Waals surface area contributed by atoms with Crippen LogP contribution < -0.4 is 21.8 Å². The summed E-state index contributed by atoms with van der Waals surface area (Å²) in [4.78, 5) is 62.4. The number of alkyl halides is 1. The lowest BCUT2D eigenvalue weighted by Crippen LogP contribution is -2.57. The molecule has 6 N–H and O–H groups in total. The summed E-state index contributed by atoms with van der Waals surface area (Å²) >= 11 is 6.01. The van der Waals surface area contributed by atoms with E-state index in [-0.39, 0.29) is 21.8 Å². The van der Waals surface area contributed by atoms with Gasteiger partial charge in [0.1, 0.15) is 18.6 Å². The van der Waals surface area contributed by atoms with Crippen LogP contribution in [0.25, 0.3) is 0 Å². The molecule has 0 radical (unpaired) electrons. The number of amides is 4. The minimum Gasteiger partial charge on any atom is -0.480 e. The van der Waals surface area contributed by atoms with Crippen LogP contribution in [-0.4, -0.2) is 59.0 Å². The van der Waals surface area contributed by atoms with Crippen molar-refractivity contribution >= 4 is 46.9 Å². The van der Waals surface area contributed by atoms with E-state index in [2.05, 4.69) is 16.1 Å². The molecule has 0 saturated heterocycles. The van der Waals surface area contributed by atoms with Crippen LogP contribution in [0.5, 0.6) is 0 Å². The van der Waals surface area contributed by atoms with Crippen molar-refractivity contribution in [3.05, 3.63) is 64.7 Å². The first-order chi connectivity index (χ1) is 17.7. The van der Waals surface area contributed by atoms with Gasteiger partial charge in [0.05, 0.1) is 10.7 Å². The molecule has 2 atom stereocenters. The summed E-state index contributed by atoms with van der Waals surface area (Å²) in [6, 6.07) is 9.53. The smallest absolute Gasteiger partial charge is 0.325 e. The fourth-order valence-electron chi connectivity index (χ4n) is 3.32. The largest absolute Gasteiger partial charge is 0.480 e. The molecule has 0 spiro atoms. The highest BCUT2D eigenvalue weighted by Crippen LogP contribution is 2.24. The third-order valence-corrected chi connectivity index (χ3v) is 5.63. The Kier molecular flexibility index (Phi) is 10.2. The van der Waals surface area contributed by atoms with E-state index < -0.39 is 60.3 Å². The molecule has 0 bridgehead atoms. The Balaban J connectivity index is 2.35. The standard InChI is InChI=1S/C25H29ClFN5O6/c1-25(2,3)21(30-22(36)15-9-10-17(28)16(26)11-15)24(38)29-20(14-7-5-4-6-8-14)23(37)31-32(13-19(34)35)18(33)12-27/h4-11,20-21H,12-13,28H2,1-3H3,(H,29,38)(H,30,36)(H,31,37)(H,34,35). The Morgan fingerprint density at radius 1 is 1.03 bits per heavy atom. The van der Waals surface area contributed by atoms with Crippen LogP contribution in [0.2, 0.25) is 5.02 Å². The maximum Gasteiger partial charge on any atom is 0.325 e. The molecule has 0 aliphatic heterocycles. The monoisotopic (exact) mass is 549 g/mol. The van der Waals surface area contributed by atoms with Gasteiger partial charge in [-0.2, -0.15) is 0 Å². The maximum atomic E-state index is 13.4. The van der Waals surface area contributed by atoms with Crippen molar-refractivity contribution in [2.75, 3.05) is 19.0 Å². The predicted molar refractivity (Wildman–Crippen MR) is 137 cm³/mol. The summed E-state index contributed by atoms with van der Waals surface area (Å²) in [5.74, 6) is -5.16. The molecule has 0 aromatic heterocycles. The van der Waals surface area contributed by atoms with Gasteiger partial charge in [0.15, 0.2) is 6.67 Å². The Hall–Kier alpha value is -4.19. The number of hydrogen-bond donors (Lipinski definition) is 5. The molecule has 38 heavy (non-hydrogen) atoms. The molecule has 13 heteroatoms. The number of carbonyl (C=O) groups is 5. The zero-order valence-corrected chi connectivity index (χ0v) is 21.7. The number of nitrogens with two attached hydrogens (primary N) is 1. The Labute approximate surface area is 223 Å². The first-order valence-electron chi connectivity index (χ1n) is 11.3. The number of carbonyl (C=O) groups excluding carboxylic acids is 4. The van der Waals surface area contributed by atoms with Crippen LogP contribution in [0.15, 0.2) is 48.5 Å². The zero-order valence-electron chi connectivity index (χ0n) is 21.0. The van der Waals surface area contributed by atoms with Crippen LogP contribution in [0.1, 0.15) is 42.7 Å². The molecular formula is C25H29ClFN5O6. The number of rotatable bonds is 9. The normalized spacial score (nSPS) is 12.6. The van der Waals surface area contributed by atoms with E-state index >= 15 is 0 Å². The van der Waals surface area contributed by atoms with Gasteiger partial charge in [-0.25, -0.2) is 9.40 Å². The lowest BCUT2D eigenvalue weighted by molar-refractivity contribution is -0.151. The molecule has 2 aromatic rings. The molecule has 0 heterocycles. The highest BCUT2D eigenvalue weighted by atomic mass is 35.5. The van der Waals surface area contributed by atoms with E-state index in [9.17, 15) is 28.4 Å². The summed E-state index contributed by atoms with van der Waals surface area (Å²) in [5.41, 5.74) is 7.61. The number of hydrogen-bond acceptors (Lipinski definition) is 6. The molecule has 0 saturated carbocycles. The highest BCUT2D eigenvalue weighted by Gasteiger charge is 2.36. The molecule has 2 rings (SSSR count). The number of nitrogens with zero attached hydrogens (tertiary/aromatic N) is 1. The summed E-state index contributed by atoms with van der Waals surface area (Å²) in [7, 11) is 0. The number of aliphatic carboxylic acids is 1. The van der Waals surface area contributed by atoms with E-state index in [0.717, 1.165) is 0 Å². The molecule has 0 aliphatic carbocycles. The number of hydrazine groups is 1. The number of anilines is 1. The van der Waals surface area contributed by atoms with Crippen molar-refractivity contribution in [1.29, 1.82) is 0 Å². The second-order valence-electron chi connectivity index (χ2n) is 9.34. The van der Waals surface area contributed by atoms with E-state index in [0.29, 0.717) is 5.01 Å². The molecule has 204 valence electrons. The number of halogens is 2. The topological polar surface area (TPSA) is 171 Å². The number of carboxylic acid groups (broad SMARTS) is 1. The second kappa shape index (κ2) is 12.9. The lowest BCUT2D eigenvalue weighted by atomic mass is 9.85. The van der Waals surface area contributed by atoms with Gasteiger partial charge in [0.2, 0.25) is 5.91 Å². The van der Waals surface area contributed by atoms with Gasteiger partial charge < -0.3 is 21.5 Å². The van der Waals surface area contributed by atoms with Gasteiger partial charge in [-0.1, -0.05) is 62.7 Å². The molecule has 2 unspecified atom stereocenters. The third kappa shape index (κ3) is 8.17. The van der Waals surface area contributed by atoms with Crippen molar-refractivity contribution in [2.45, 2.75) is 32.9 Å². The van der Waals surface area contributed by atoms with Crippen molar-refractivity contribution < 1.29 is 33.5 Å². The summed E-state index contributed by atoms with van der Waals surface area (Å²) in [6.07, 6.45) is 0. The predicted octanol–water partition coefficient (Wildman–Crippen LogP) is 1.84. The fraction of sp³-hybridized carbons (Fsp3) is 0.320. The van der Waals surface area contributed by atoms with Gasteiger partial charge >= 0.3 is 5.97 Å². The SMILES string of the molecule is CC(C)(C)C(NC(=O)c1ccc(N)c(Cl)c1)C(=O)NC(C(=O)NN(CC(=O)O)C(=O)CF)c1ccccc1. The fourth-order valence-corrected chi connectivity index (χ4v) is 3.51. The van der Waals surface area contributed by atoms with Gasteiger partial charge in [-0.15, -0.1) is 0 Å². The number of nitrogen functional groups attached to an aromatic ring is 1. The lowest BCUT2D eigenvalue weighted by Gasteiger charge is -2.32. The molecule has 11 nitrogen and oxygen atoms in total. The number of nitrogens with one attached hydrogen (secondary N) is 3. The molecule has 4 amide bonds. The van der Waals surface area contributed by atoms with Crippen LogP contribution in [0.3, 0.4) is 0 Å². The minimum atomic E-state index is -1.55. The van der Waals surface area contributed by atoms with E-state index in [1.54, 1.807) is 39.0 Å². The summed E-state index contributed by atoms with van der Waals surface area (Å²) in [6.45, 7) is 2.52. The van der Waals surface area contributed by atoms with Crippen molar-refractivity contribution in [3.8, 4) is 0 Å². The van der Waals surface area contributed by atoms with Gasteiger partial charge in [0.25, 0.3) is 17.7 Å². The van der Waals surface area contributed by atoms with Crippen molar-refractivity contribution in [2.24, 2.45) is 5.41 Å². The van der Waals surface area contributed by atoms with Gasteiger partial charge in [-0.05, 0) is 29.2 Å². The third-order valence-electron chi connectivity index (χ3n) is 5.30. The highest BCUT2D eigenvalue weighted by molar-refractivity contribution is 6.33. The number of benzene rings is 2. The molecule has 0 fully saturated rings. The second-order valence-corrected chi connectivity index (χ2v) is 9.75. The zero-order chi connectivity index (χ0) is 28.6. The first kappa shape index (κ1) is 30.0. The average molecular weight is 550 g/mol. The maximum absolute atomic E-state index is 13.4. The van der Waals surface area contributed by atoms with E-state index in [4.69, 9.17) is 22.4 Å². The first-order valence-corrected chi connectivity index (χ1v) is 11.7. The minimum absolute atomic E-state index is 0.151. The number of carboxylic acids is 1. The Morgan fingerprint density at radius 2 is 1.66 bits per heavy atom. The quantitative estimate of drug-likeness (QED) is 0.234. The van der Waals surface area contributed by atoms with E-state index in [1.165, 1.54) is 30.3 Å². The van der Waals surface area contributed by atoms with Gasteiger partial charge in [0, 0.05) is 5.56 Å². The Morgan fingerprint density at radius 3 is 2.18 bits per heavy atom. The van der Waals surface area contributed by atoms with Crippen LogP contribution in [0.4, 0.5) is 10.1 Å². The average Bonchev–Trinajstić information content (AvgIpc) is 2.85. The van der Waals surface area contributed by atoms with Gasteiger partial charge in [-0.3, -0.25) is 29.4 Å². The van der Waals surface area contributed by atoms with Crippen molar-refractivity contribution in [1.82, 2.24) is 21.1 Å². The summed E-state index contributed by atoms with van der Waals surface area (Å²) < 4.78 is 13.0. The van der Waals surface area contributed by atoms with Crippen LogP contribution >= 0.6 is 11.6 Å². The van der Waals surface area contributed by atoms with Crippen LogP contribution in [0, 0.1) is 5.41 Å². The van der Waals surface area contributed by atoms with Crippen LogP contribution in [-0.2, 0) is 19.2 Å². The molecular weight excluding hydrogens is 521 g/mol. The van der Waals surface area contributed by atoms with E-state index in [1.807, 2.05) is 0 Å². The Bertz CT molecular complexity index is 1200. The molecule has 0 aliphatic rings. The molecule has 2 aromatic carbocycles. The summed E-state index contributed by atoms with van der Waals surface area (Å²) in [5, 5.41) is 14.7. The van der Waals surface area contributed by atoms with Crippen molar-refractivity contribution in [3.63, 3.8) is 0 Å².